The molecule has 0 N–H and O–H groups in total. The number of hydrogen-bond acceptors (Lipinski definition) is 3. The summed E-state index contributed by atoms with van der Waals surface area (Å²) in [4.78, 5) is 25.5. The molecule has 0 aromatic heterocycles. The molecule has 1 fully saturated rings. The number of nitrogens with zero attached hydrogens (tertiary/aromatic N) is 1. The second-order valence-corrected chi connectivity index (χ2v) is 5.21. The van der Waals surface area contributed by atoms with Gasteiger partial charge in [-0.15, -0.1) is 11.8 Å². The highest BCUT2D eigenvalue weighted by Crippen LogP contribution is 2.19. The van der Waals surface area contributed by atoms with Crippen LogP contribution in [0, 0.1) is 5.82 Å². The van der Waals surface area contributed by atoms with E-state index in [9.17, 15) is 14.0 Å². The molecule has 0 aliphatic carbocycles. The molecule has 1 aliphatic rings. The Morgan fingerprint density at radius 3 is 2.44 bits per heavy atom. The van der Waals surface area contributed by atoms with E-state index in [0.717, 1.165) is 4.90 Å². The van der Waals surface area contributed by atoms with Gasteiger partial charge in [0.1, 0.15) is 11.6 Å². The van der Waals surface area contributed by atoms with Crippen molar-refractivity contribution in [2.45, 2.75) is 17.7 Å². The zero-order chi connectivity index (χ0) is 13.0. The minimum atomic E-state index is -0.278. The van der Waals surface area contributed by atoms with Crippen LogP contribution in [0.5, 0.6) is 0 Å². The van der Waals surface area contributed by atoms with Gasteiger partial charge in [0.25, 0.3) is 0 Å². The van der Waals surface area contributed by atoms with E-state index in [0.29, 0.717) is 31.7 Å². The third kappa shape index (κ3) is 3.57. The van der Waals surface area contributed by atoms with Crippen molar-refractivity contribution in [1.29, 1.82) is 0 Å². The number of piperidine rings is 1. The minimum Gasteiger partial charge on any atom is -0.341 e. The molecule has 2 rings (SSSR count). The average Bonchev–Trinajstić information content (AvgIpc) is 2.38. The molecule has 1 heterocycles. The number of rotatable bonds is 3. The van der Waals surface area contributed by atoms with Crippen molar-refractivity contribution < 1.29 is 14.0 Å². The van der Waals surface area contributed by atoms with Crippen molar-refractivity contribution in [3.8, 4) is 0 Å². The SMILES string of the molecule is O=C1CCN(C(=O)CSc2ccc(F)cc2)CC1. The lowest BCUT2D eigenvalue weighted by Crippen LogP contribution is -2.39. The van der Waals surface area contributed by atoms with E-state index in [1.54, 1.807) is 17.0 Å². The fourth-order valence-corrected chi connectivity index (χ4v) is 2.57. The molecule has 0 spiro atoms. The van der Waals surface area contributed by atoms with Gasteiger partial charge < -0.3 is 4.90 Å². The number of thioether (sulfide) groups is 1. The first kappa shape index (κ1) is 13.1. The number of benzene rings is 1. The monoisotopic (exact) mass is 267 g/mol. The molecule has 1 aromatic carbocycles. The lowest BCUT2D eigenvalue weighted by molar-refractivity contribution is -0.132. The van der Waals surface area contributed by atoms with Crippen LogP contribution in [0.15, 0.2) is 29.2 Å². The molecule has 3 nitrogen and oxygen atoms in total. The van der Waals surface area contributed by atoms with E-state index in [2.05, 4.69) is 0 Å². The van der Waals surface area contributed by atoms with Gasteiger partial charge in [-0.3, -0.25) is 9.59 Å². The summed E-state index contributed by atoms with van der Waals surface area (Å²) in [7, 11) is 0. The Labute approximate surface area is 109 Å². The molecule has 96 valence electrons. The van der Waals surface area contributed by atoms with Crippen molar-refractivity contribution in [2.75, 3.05) is 18.8 Å². The highest BCUT2D eigenvalue weighted by molar-refractivity contribution is 8.00. The van der Waals surface area contributed by atoms with Crippen LogP contribution in [0.2, 0.25) is 0 Å². The Morgan fingerprint density at radius 2 is 1.83 bits per heavy atom. The highest BCUT2D eigenvalue weighted by atomic mass is 32.2. The molecule has 1 aromatic rings. The Morgan fingerprint density at radius 1 is 1.22 bits per heavy atom. The number of ketones is 1. The molecule has 0 atom stereocenters. The summed E-state index contributed by atoms with van der Waals surface area (Å²) < 4.78 is 12.7. The normalized spacial score (nSPS) is 15.8. The van der Waals surface area contributed by atoms with Crippen LogP contribution in [-0.4, -0.2) is 35.4 Å². The fourth-order valence-electron chi connectivity index (χ4n) is 1.77. The standard InChI is InChI=1S/C13H14FNO2S/c14-10-1-3-12(4-2-10)18-9-13(17)15-7-5-11(16)6-8-15/h1-4H,5-9H2. The summed E-state index contributed by atoms with van der Waals surface area (Å²) in [5.41, 5.74) is 0. The third-order valence-electron chi connectivity index (χ3n) is 2.85. The molecule has 18 heavy (non-hydrogen) atoms. The predicted octanol–water partition coefficient (Wildman–Crippen LogP) is 2.11. The topological polar surface area (TPSA) is 37.4 Å². The summed E-state index contributed by atoms with van der Waals surface area (Å²) in [5, 5.41) is 0. The van der Waals surface area contributed by atoms with Crippen LogP contribution in [0.4, 0.5) is 4.39 Å². The zero-order valence-electron chi connectivity index (χ0n) is 9.89. The number of carbonyl (C=O) groups excluding carboxylic acids is 2. The van der Waals surface area contributed by atoms with E-state index in [1.807, 2.05) is 0 Å². The maximum atomic E-state index is 12.7. The number of halogens is 1. The molecular formula is C13H14FNO2S. The molecule has 0 radical (unpaired) electrons. The van der Waals surface area contributed by atoms with Crippen molar-refractivity contribution in [2.24, 2.45) is 0 Å². The molecule has 1 amide bonds. The van der Waals surface area contributed by atoms with Gasteiger partial charge in [-0.2, -0.15) is 0 Å². The number of hydrogen-bond donors (Lipinski definition) is 0. The van der Waals surface area contributed by atoms with E-state index in [4.69, 9.17) is 0 Å². The Hall–Kier alpha value is -1.36. The van der Waals surface area contributed by atoms with E-state index in [-0.39, 0.29) is 17.5 Å². The number of likely N-dealkylation sites (tertiary alicyclic amines) is 1. The van der Waals surface area contributed by atoms with Gasteiger partial charge in [-0.05, 0) is 24.3 Å². The Balaban J connectivity index is 1.81. The van der Waals surface area contributed by atoms with Gasteiger partial charge in [0, 0.05) is 30.8 Å². The lowest BCUT2D eigenvalue weighted by atomic mass is 10.1. The molecule has 0 saturated carbocycles. The molecule has 1 aliphatic heterocycles. The number of carbonyl (C=O) groups is 2. The quantitative estimate of drug-likeness (QED) is 0.787. The maximum Gasteiger partial charge on any atom is 0.232 e. The van der Waals surface area contributed by atoms with Gasteiger partial charge in [-0.1, -0.05) is 0 Å². The maximum absolute atomic E-state index is 12.7. The van der Waals surface area contributed by atoms with Crippen LogP contribution in [0.3, 0.4) is 0 Å². The predicted molar refractivity (Wildman–Crippen MR) is 67.9 cm³/mol. The smallest absolute Gasteiger partial charge is 0.232 e. The van der Waals surface area contributed by atoms with Crippen molar-refractivity contribution in [1.82, 2.24) is 4.90 Å². The Bertz CT molecular complexity index is 437. The highest BCUT2D eigenvalue weighted by Gasteiger charge is 2.20. The van der Waals surface area contributed by atoms with E-state index < -0.39 is 0 Å². The summed E-state index contributed by atoms with van der Waals surface area (Å²) in [6, 6.07) is 6.08. The van der Waals surface area contributed by atoms with Crippen molar-refractivity contribution >= 4 is 23.5 Å². The first-order valence-corrected chi connectivity index (χ1v) is 6.81. The van der Waals surface area contributed by atoms with E-state index in [1.165, 1.54) is 23.9 Å². The van der Waals surface area contributed by atoms with Crippen LogP contribution >= 0.6 is 11.8 Å². The van der Waals surface area contributed by atoms with Gasteiger partial charge in [0.2, 0.25) is 5.91 Å². The lowest BCUT2D eigenvalue weighted by Gasteiger charge is -2.25. The summed E-state index contributed by atoms with van der Waals surface area (Å²) >= 11 is 1.39. The summed E-state index contributed by atoms with van der Waals surface area (Å²) in [6.45, 7) is 1.06. The van der Waals surface area contributed by atoms with Crippen molar-refractivity contribution in [3.05, 3.63) is 30.1 Å². The average molecular weight is 267 g/mol. The van der Waals surface area contributed by atoms with Crippen LogP contribution < -0.4 is 0 Å². The summed E-state index contributed by atoms with van der Waals surface area (Å²) in [6.07, 6.45) is 0.930. The molecule has 1 saturated heterocycles. The molecular weight excluding hydrogens is 253 g/mol. The molecule has 5 heteroatoms. The Kier molecular flexibility index (Phi) is 4.36. The van der Waals surface area contributed by atoms with Crippen LogP contribution in [-0.2, 0) is 9.59 Å². The fraction of sp³-hybridized carbons (Fsp3) is 0.385. The first-order chi connectivity index (χ1) is 8.65. The van der Waals surface area contributed by atoms with Crippen LogP contribution in [0.25, 0.3) is 0 Å². The van der Waals surface area contributed by atoms with E-state index >= 15 is 0 Å². The number of amides is 1. The summed E-state index contributed by atoms with van der Waals surface area (Å²) in [5.74, 6) is 0.321. The third-order valence-corrected chi connectivity index (χ3v) is 3.85. The van der Waals surface area contributed by atoms with Gasteiger partial charge >= 0.3 is 0 Å². The largest absolute Gasteiger partial charge is 0.341 e. The van der Waals surface area contributed by atoms with Crippen LogP contribution in [0.1, 0.15) is 12.8 Å². The second kappa shape index (κ2) is 6.00. The number of Topliss-reactive ketones (excluding diaryl/α,β-unsaturated/α-hetero) is 1. The van der Waals surface area contributed by atoms with Gasteiger partial charge in [0.15, 0.2) is 0 Å². The van der Waals surface area contributed by atoms with Gasteiger partial charge in [-0.25, -0.2) is 4.39 Å². The molecule has 0 bridgehead atoms. The van der Waals surface area contributed by atoms with Crippen molar-refractivity contribution in [3.63, 3.8) is 0 Å². The molecule has 0 unspecified atom stereocenters. The first-order valence-electron chi connectivity index (χ1n) is 5.83. The minimum absolute atomic E-state index is 0.0387. The zero-order valence-corrected chi connectivity index (χ0v) is 10.7. The second-order valence-electron chi connectivity index (χ2n) is 4.16. The van der Waals surface area contributed by atoms with Gasteiger partial charge in [0.05, 0.1) is 5.75 Å².